The smallest absolute Gasteiger partial charge is 0.263 e. The third-order valence-corrected chi connectivity index (χ3v) is 4.46. The van der Waals surface area contributed by atoms with Crippen LogP contribution in [-0.2, 0) is 6.54 Å². The maximum absolute atomic E-state index is 12.2. The van der Waals surface area contributed by atoms with Crippen molar-refractivity contribution in [3.05, 3.63) is 76.0 Å². The Balaban J connectivity index is 1.63. The minimum atomic E-state index is -0.205. The second-order valence-electron chi connectivity index (χ2n) is 5.34. The Hall–Kier alpha value is -3.06. The van der Waals surface area contributed by atoms with Gasteiger partial charge < -0.3 is 10.6 Å². The first kappa shape index (κ1) is 16.8. The molecular weight excluding hydrogens is 336 g/mol. The minimum absolute atomic E-state index is 0.147. The lowest BCUT2D eigenvalue weighted by Crippen LogP contribution is -2.22. The summed E-state index contributed by atoms with van der Waals surface area (Å²) in [5.74, 6) is -0.352. The molecule has 2 amide bonds. The van der Waals surface area contributed by atoms with Gasteiger partial charge in [-0.3, -0.25) is 14.6 Å². The molecule has 0 saturated heterocycles. The molecule has 7 heteroatoms. The van der Waals surface area contributed by atoms with Crippen molar-refractivity contribution < 1.29 is 9.59 Å². The molecule has 2 N–H and O–H groups in total. The third-order valence-electron chi connectivity index (χ3n) is 3.53. The Morgan fingerprint density at radius 3 is 2.64 bits per heavy atom. The number of aromatic nitrogens is 2. The highest BCUT2D eigenvalue weighted by Gasteiger charge is 2.11. The van der Waals surface area contributed by atoms with Crippen LogP contribution in [0.1, 0.15) is 31.3 Å². The van der Waals surface area contributed by atoms with Gasteiger partial charge in [0, 0.05) is 30.2 Å². The van der Waals surface area contributed by atoms with E-state index in [9.17, 15) is 9.59 Å². The molecule has 0 bridgehead atoms. The number of carbonyl (C=O) groups is 2. The zero-order valence-corrected chi connectivity index (χ0v) is 14.3. The molecule has 0 unspecified atom stereocenters. The lowest BCUT2D eigenvalue weighted by atomic mass is 10.2. The first-order chi connectivity index (χ1) is 12.1. The van der Waals surface area contributed by atoms with Crippen LogP contribution in [0.4, 0.5) is 5.69 Å². The third kappa shape index (κ3) is 4.27. The van der Waals surface area contributed by atoms with Crippen molar-refractivity contribution in [3.8, 4) is 0 Å². The molecule has 25 heavy (non-hydrogen) atoms. The summed E-state index contributed by atoms with van der Waals surface area (Å²) >= 11 is 1.32. The van der Waals surface area contributed by atoms with Crippen molar-refractivity contribution >= 4 is 28.8 Å². The van der Waals surface area contributed by atoms with Crippen molar-refractivity contribution in [2.45, 2.75) is 13.5 Å². The van der Waals surface area contributed by atoms with Gasteiger partial charge in [0.25, 0.3) is 11.8 Å². The summed E-state index contributed by atoms with van der Waals surface area (Å²) in [6.45, 7) is 2.18. The summed E-state index contributed by atoms with van der Waals surface area (Å²) in [7, 11) is 0. The number of pyridine rings is 1. The van der Waals surface area contributed by atoms with Crippen LogP contribution >= 0.6 is 11.3 Å². The molecule has 0 atom stereocenters. The van der Waals surface area contributed by atoms with E-state index in [-0.39, 0.29) is 11.8 Å². The van der Waals surface area contributed by atoms with E-state index >= 15 is 0 Å². The molecule has 0 aliphatic rings. The van der Waals surface area contributed by atoms with Gasteiger partial charge in [-0.25, -0.2) is 4.98 Å². The largest absolute Gasteiger partial charge is 0.347 e. The average Bonchev–Trinajstić information content (AvgIpc) is 3.07. The number of hydrogen-bond donors (Lipinski definition) is 2. The van der Waals surface area contributed by atoms with Crippen molar-refractivity contribution in [1.29, 1.82) is 0 Å². The summed E-state index contributed by atoms with van der Waals surface area (Å²) < 4.78 is 0. The standard InChI is InChI=1S/C18H16N4O2S/c1-12-16(25-11-21-12)18(24)20-10-13-3-2-4-15(9-13)22-17(23)14-5-7-19-8-6-14/h2-9,11H,10H2,1H3,(H,20,24)(H,22,23). The van der Waals surface area contributed by atoms with Crippen LogP contribution in [0.3, 0.4) is 0 Å². The molecule has 3 rings (SSSR count). The van der Waals surface area contributed by atoms with E-state index < -0.39 is 0 Å². The van der Waals surface area contributed by atoms with E-state index in [1.807, 2.05) is 18.2 Å². The fraction of sp³-hybridized carbons (Fsp3) is 0.111. The van der Waals surface area contributed by atoms with E-state index in [0.717, 1.165) is 11.3 Å². The predicted octanol–water partition coefficient (Wildman–Crippen LogP) is 3.03. The quantitative estimate of drug-likeness (QED) is 0.739. The molecular formula is C18H16N4O2S. The zero-order chi connectivity index (χ0) is 17.6. The Labute approximate surface area is 149 Å². The van der Waals surface area contributed by atoms with Crippen LogP contribution in [-0.4, -0.2) is 21.8 Å². The Morgan fingerprint density at radius 2 is 1.92 bits per heavy atom. The van der Waals surface area contributed by atoms with Crippen molar-refractivity contribution in [2.24, 2.45) is 0 Å². The highest BCUT2D eigenvalue weighted by molar-refractivity contribution is 7.11. The summed E-state index contributed by atoms with van der Waals surface area (Å²) in [4.78, 5) is 32.9. The number of thiazole rings is 1. The molecule has 2 aromatic heterocycles. The van der Waals surface area contributed by atoms with E-state index in [4.69, 9.17) is 0 Å². The maximum atomic E-state index is 12.2. The normalized spacial score (nSPS) is 10.3. The predicted molar refractivity (Wildman–Crippen MR) is 96.7 cm³/mol. The average molecular weight is 352 g/mol. The highest BCUT2D eigenvalue weighted by Crippen LogP contribution is 2.14. The van der Waals surface area contributed by atoms with Gasteiger partial charge >= 0.3 is 0 Å². The number of amides is 2. The first-order valence-electron chi connectivity index (χ1n) is 7.62. The number of benzene rings is 1. The number of aryl methyl sites for hydroxylation is 1. The van der Waals surface area contributed by atoms with Crippen LogP contribution < -0.4 is 10.6 Å². The van der Waals surface area contributed by atoms with Gasteiger partial charge in [0.1, 0.15) is 4.88 Å². The first-order valence-corrected chi connectivity index (χ1v) is 8.50. The molecule has 0 radical (unpaired) electrons. The SMILES string of the molecule is Cc1ncsc1C(=O)NCc1cccc(NC(=O)c2ccncc2)c1. The van der Waals surface area contributed by atoms with E-state index in [1.165, 1.54) is 11.3 Å². The van der Waals surface area contributed by atoms with Gasteiger partial charge in [0.05, 0.1) is 11.2 Å². The fourth-order valence-corrected chi connectivity index (χ4v) is 2.97. The summed E-state index contributed by atoms with van der Waals surface area (Å²) in [5.41, 5.74) is 4.47. The lowest BCUT2D eigenvalue weighted by molar-refractivity contribution is 0.0953. The maximum Gasteiger partial charge on any atom is 0.263 e. The number of nitrogens with zero attached hydrogens (tertiary/aromatic N) is 2. The van der Waals surface area contributed by atoms with Gasteiger partial charge in [-0.2, -0.15) is 0 Å². The van der Waals surface area contributed by atoms with Gasteiger partial charge in [-0.15, -0.1) is 11.3 Å². The van der Waals surface area contributed by atoms with E-state index in [0.29, 0.717) is 22.7 Å². The second-order valence-corrected chi connectivity index (χ2v) is 6.19. The molecule has 0 saturated carbocycles. The molecule has 0 fully saturated rings. The molecule has 1 aromatic carbocycles. The van der Waals surface area contributed by atoms with Crippen molar-refractivity contribution in [1.82, 2.24) is 15.3 Å². The zero-order valence-electron chi connectivity index (χ0n) is 13.5. The van der Waals surface area contributed by atoms with Crippen molar-refractivity contribution in [3.63, 3.8) is 0 Å². The molecule has 0 aliphatic carbocycles. The van der Waals surface area contributed by atoms with Gasteiger partial charge in [-0.05, 0) is 36.8 Å². The number of carbonyl (C=O) groups excluding carboxylic acids is 2. The van der Waals surface area contributed by atoms with Crippen LogP contribution in [0.2, 0.25) is 0 Å². The number of anilines is 1. The molecule has 0 aliphatic heterocycles. The Kier molecular flexibility index (Phi) is 5.15. The lowest BCUT2D eigenvalue weighted by Gasteiger charge is -2.08. The van der Waals surface area contributed by atoms with Gasteiger partial charge in [0.15, 0.2) is 0 Å². The molecule has 6 nitrogen and oxygen atoms in total. The van der Waals surface area contributed by atoms with E-state index in [1.54, 1.807) is 43.0 Å². The Morgan fingerprint density at radius 1 is 1.12 bits per heavy atom. The van der Waals surface area contributed by atoms with Gasteiger partial charge in [0.2, 0.25) is 0 Å². The van der Waals surface area contributed by atoms with Crippen LogP contribution in [0.5, 0.6) is 0 Å². The molecule has 0 spiro atoms. The van der Waals surface area contributed by atoms with Crippen LogP contribution in [0.15, 0.2) is 54.3 Å². The minimum Gasteiger partial charge on any atom is -0.347 e. The van der Waals surface area contributed by atoms with Gasteiger partial charge in [-0.1, -0.05) is 12.1 Å². The van der Waals surface area contributed by atoms with Crippen molar-refractivity contribution in [2.75, 3.05) is 5.32 Å². The summed E-state index contributed by atoms with van der Waals surface area (Å²) in [6.07, 6.45) is 3.14. The molecule has 3 aromatic rings. The second kappa shape index (κ2) is 7.67. The van der Waals surface area contributed by atoms with E-state index in [2.05, 4.69) is 20.6 Å². The fourth-order valence-electron chi connectivity index (χ4n) is 2.25. The highest BCUT2D eigenvalue weighted by atomic mass is 32.1. The molecule has 2 heterocycles. The number of nitrogens with one attached hydrogen (secondary N) is 2. The molecule has 126 valence electrons. The summed E-state index contributed by atoms with van der Waals surface area (Å²) in [5, 5.41) is 5.70. The number of hydrogen-bond acceptors (Lipinski definition) is 5. The monoisotopic (exact) mass is 352 g/mol. The van der Waals surface area contributed by atoms with Crippen LogP contribution in [0, 0.1) is 6.92 Å². The number of rotatable bonds is 5. The van der Waals surface area contributed by atoms with Crippen LogP contribution in [0.25, 0.3) is 0 Å². The topological polar surface area (TPSA) is 84.0 Å². The Bertz CT molecular complexity index is 893. The summed E-state index contributed by atoms with van der Waals surface area (Å²) in [6, 6.07) is 10.7.